The molecule has 0 aliphatic heterocycles. The molecule has 0 aliphatic carbocycles. The molecular weight excluding hydrogens is 554 g/mol. The summed E-state index contributed by atoms with van der Waals surface area (Å²) in [5.41, 5.74) is 10.5. The van der Waals surface area contributed by atoms with Crippen LogP contribution in [0.5, 0.6) is 0 Å². The van der Waals surface area contributed by atoms with Crippen LogP contribution in [0, 0.1) is 17.8 Å². The van der Waals surface area contributed by atoms with Gasteiger partial charge >= 0.3 is 0 Å². The lowest BCUT2D eigenvalue weighted by atomic mass is 9.87. The molecule has 0 aliphatic rings. The zero-order valence-electron chi connectivity index (χ0n) is 28.8. The number of ketones is 2. The molecule has 3 rings (SSSR count). The van der Waals surface area contributed by atoms with Crippen molar-refractivity contribution >= 4 is 33.9 Å². The molecule has 0 saturated heterocycles. The largest absolute Gasteiger partial charge is 0.387 e. The highest BCUT2D eigenvalue weighted by atomic mass is 16.1. The van der Waals surface area contributed by atoms with Crippen LogP contribution in [0.1, 0.15) is 107 Å². The first-order valence-corrected chi connectivity index (χ1v) is 17.2. The van der Waals surface area contributed by atoms with E-state index < -0.39 is 0 Å². The Morgan fingerprint density at radius 2 is 1.40 bits per heavy atom. The van der Waals surface area contributed by atoms with Gasteiger partial charge in [-0.05, 0) is 96.9 Å². The van der Waals surface area contributed by atoms with Crippen LogP contribution in [-0.2, 0) is 17.6 Å². The second-order valence-electron chi connectivity index (χ2n) is 13.4. The van der Waals surface area contributed by atoms with Gasteiger partial charge in [-0.1, -0.05) is 76.6 Å². The minimum atomic E-state index is -0.0380. The summed E-state index contributed by atoms with van der Waals surface area (Å²) in [6.07, 6.45) is 9.08. The highest BCUT2D eigenvalue weighted by Gasteiger charge is 2.20. The van der Waals surface area contributed by atoms with Crippen LogP contribution in [0.3, 0.4) is 0 Å². The Morgan fingerprint density at radius 3 is 2.04 bits per heavy atom. The van der Waals surface area contributed by atoms with E-state index in [0.29, 0.717) is 49.3 Å². The van der Waals surface area contributed by atoms with Gasteiger partial charge in [0.25, 0.3) is 0 Å². The molecule has 0 fully saturated rings. The molecule has 244 valence electrons. The third-order valence-electron chi connectivity index (χ3n) is 9.23. The summed E-state index contributed by atoms with van der Waals surface area (Å²) in [5.74, 6) is 2.24. The molecule has 0 heterocycles. The third-order valence-corrected chi connectivity index (χ3v) is 9.23. The van der Waals surface area contributed by atoms with Gasteiger partial charge in [-0.2, -0.15) is 0 Å². The minimum absolute atomic E-state index is 0.0380. The summed E-state index contributed by atoms with van der Waals surface area (Å²) in [5, 5.41) is 2.20. The lowest BCUT2D eigenvalue weighted by Crippen LogP contribution is -2.17. The van der Waals surface area contributed by atoms with Crippen LogP contribution < -0.4 is 10.6 Å². The summed E-state index contributed by atoms with van der Waals surface area (Å²) in [6.45, 7) is 9.45. The lowest BCUT2D eigenvalue weighted by Gasteiger charge is -2.18. The first-order valence-electron chi connectivity index (χ1n) is 17.2. The van der Waals surface area contributed by atoms with Gasteiger partial charge < -0.3 is 10.6 Å². The molecule has 3 aromatic rings. The summed E-state index contributed by atoms with van der Waals surface area (Å²) in [4.78, 5) is 33.1. The van der Waals surface area contributed by atoms with E-state index in [1.807, 2.05) is 39.2 Å². The molecule has 5 heteroatoms. The number of rotatable bonds is 20. The van der Waals surface area contributed by atoms with Gasteiger partial charge in [0.1, 0.15) is 5.78 Å². The van der Waals surface area contributed by atoms with Gasteiger partial charge in [0.15, 0.2) is 5.78 Å². The van der Waals surface area contributed by atoms with Crippen molar-refractivity contribution in [3.63, 3.8) is 0 Å². The normalized spacial score (nSPS) is 13.9. The van der Waals surface area contributed by atoms with E-state index >= 15 is 0 Å². The van der Waals surface area contributed by atoms with Crippen molar-refractivity contribution in [3.8, 4) is 0 Å². The minimum Gasteiger partial charge on any atom is -0.387 e. The number of hydrogen-bond donors (Lipinski definition) is 1. The number of benzene rings is 3. The van der Waals surface area contributed by atoms with Crippen molar-refractivity contribution in [2.24, 2.45) is 28.5 Å². The van der Waals surface area contributed by atoms with Crippen LogP contribution in [0.25, 0.3) is 10.8 Å². The third kappa shape index (κ3) is 12.1. The van der Waals surface area contributed by atoms with Crippen molar-refractivity contribution in [2.45, 2.75) is 98.3 Å². The standard InChI is InChI=1S/C40H57N3O2/c1-7-29(3)25-31-15-17-32(18-16-31)26-30(4)14-23-39(45)33(12-10-24-42-40(41)8-2)11-9-13-38(44)36-20-19-35-28-37(43(5)6)22-21-34(35)27-36/h15-22,27-30,33H,7-14,23-26H2,1-6H3,(H2,41,42). The van der Waals surface area contributed by atoms with E-state index in [1.165, 1.54) is 17.5 Å². The van der Waals surface area contributed by atoms with Crippen LogP contribution in [0.2, 0.25) is 0 Å². The SMILES string of the molecule is CCC(N)=NCCCC(CCCC(=O)c1ccc2cc(N(C)C)ccc2c1)C(=O)CCC(C)Cc1ccc(CC(C)CC)cc1. The molecule has 0 saturated carbocycles. The average Bonchev–Trinajstić information content (AvgIpc) is 3.04. The molecule has 2 N–H and O–H groups in total. The number of nitrogens with zero attached hydrogens (tertiary/aromatic N) is 2. The van der Waals surface area contributed by atoms with E-state index in [0.717, 1.165) is 67.0 Å². The Labute approximate surface area is 272 Å². The predicted octanol–water partition coefficient (Wildman–Crippen LogP) is 9.24. The molecule has 3 aromatic carbocycles. The number of anilines is 1. The molecule has 0 amide bonds. The van der Waals surface area contributed by atoms with Crippen molar-refractivity contribution in [3.05, 3.63) is 77.4 Å². The smallest absolute Gasteiger partial charge is 0.162 e. The highest BCUT2D eigenvalue weighted by Crippen LogP contribution is 2.25. The van der Waals surface area contributed by atoms with E-state index in [2.05, 4.69) is 73.1 Å². The molecule has 0 radical (unpaired) electrons. The highest BCUT2D eigenvalue weighted by molar-refractivity contribution is 6.00. The molecule has 0 bridgehead atoms. The maximum Gasteiger partial charge on any atom is 0.162 e. The van der Waals surface area contributed by atoms with Gasteiger partial charge in [-0.15, -0.1) is 0 Å². The zero-order valence-corrected chi connectivity index (χ0v) is 28.8. The fourth-order valence-corrected chi connectivity index (χ4v) is 5.93. The fraction of sp³-hybridized carbons (Fsp3) is 0.525. The summed E-state index contributed by atoms with van der Waals surface area (Å²) < 4.78 is 0. The number of hydrogen-bond acceptors (Lipinski definition) is 4. The lowest BCUT2D eigenvalue weighted by molar-refractivity contribution is -0.123. The Balaban J connectivity index is 1.54. The van der Waals surface area contributed by atoms with Crippen molar-refractivity contribution in [1.29, 1.82) is 0 Å². The first-order chi connectivity index (χ1) is 21.6. The van der Waals surface area contributed by atoms with Crippen LogP contribution >= 0.6 is 0 Å². The molecule has 3 atom stereocenters. The Kier molecular flexibility index (Phi) is 14.8. The molecule has 0 aromatic heterocycles. The van der Waals surface area contributed by atoms with E-state index in [9.17, 15) is 9.59 Å². The van der Waals surface area contributed by atoms with Gasteiger partial charge in [-0.25, -0.2) is 0 Å². The van der Waals surface area contributed by atoms with Gasteiger partial charge in [0.2, 0.25) is 0 Å². The average molecular weight is 612 g/mol. The van der Waals surface area contributed by atoms with Crippen molar-refractivity contribution in [1.82, 2.24) is 0 Å². The van der Waals surface area contributed by atoms with Gasteiger partial charge in [-0.3, -0.25) is 14.6 Å². The number of carbonyl (C=O) groups is 2. The summed E-state index contributed by atoms with van der Waals surface area (Å²) in [7, 11) is 4.06. The number of carbonyl (C=O) groups excluding carboxylic acids is 2. The van der Waals surface area contributed by atoms with Crippen molar-refractivity contribution in [2.75, 3.05) is 25.5 Å². The second kappa shape index (κ2) is 18.5. The number of nitrogens with two attached hydrogens (primary N) is 1. The Morgan fingerprint density at radius 1 is 0.778 bits per heavy atom. The topological polar surface area (TPSA) is 75.8 Å². The molecule has 3 unspecified atom stereocenters. The second-order valence-corrected chi connectivity index (χ2v) is 13.4. The first kappa shape index (κ1) is 36.0. The van der Waals surface area contributed by atoms with Crippen LogP contribution in [0.15, 0.2) is 65.7 Å². The number of fused-ring (bicyclic) bond motifs is 1. The molecule has 0 spiro atoms. The van der Waals surface area contributed by atoms with Crippen LogP contribution in [0.4, 0.5) is 5.69 Å². The van der Waals surface area contributed by atoms with E-state index in [-0.39, 0.29) is 11.7 Å². The number of aliphatic imine (C=N–C) groups is 1. The molecule has 45 heavy (non-hydrogen) atoms. The van der Waals surface area contributed by atoms with E-state index in [4.69, 9.17) is 5.73 Å². The Hall–Kier alpha value is -3.47. The van der Waals surface area contributed by atoms with E-state index in [1.54, 1.807) is 0 Å². The van der Waals surface area contributed by atoms with Gasteiger partial charge in [0.05, 0.1) is 5.84 Å². The van der Waals surface area contributed by atoms with Gasteiger partial charge in [0, 0.05) is 57.1 Å². The molecule has 5 nitrogen and oxygen atoms in total. The number of Topliss-reactive ketones (excluding diaryl/α,β-unsaturated/α-hetero) is 2. The maximum absolute atomic E-state index is 13.5. The number of amidine groups is 1. The fourth-order valence-electron chi connectivity index (χ4n) is 5.93. The Bertz CT molecular complexity index is 1390. The quantitative estimate of drug-likeness (QED) is 0.0598. The molecular formula is C40H57N3O2. The predicted molar refractivity (Wildman–Crippen MR) is 193 cm³/mol. The van der Waals surface area contributed by atoms with Crippen molar-refractivity contribution < 1.29 is 9.59 Å². The zero-order chi connectivity index (χ0) is 32.8. The summed E-state index contributed by atoms with van der Waals surface area (Å²) in [6, 6.07) is 21.3. The maximum atomic E-state index is 13.5. The monoisotopic (exact) mass is 611 g/mol. The summed E-state index contributed by atoms with van der Waals surface area (Å²) >= 11 is 0. The van der Waals surface area contributed by atoms with Crippen LogP contribution in [-0.4, -0.2) is 38.0 Å².